The van der Waals surface area contributed by atoms with Crippen molar-refractivity contribution >= 4 is 12.0 Å². The molecule has 2 aromatic carbocycles. The molecule has 6 nitrogen and oxygen atoms in total. The van der Waals surface area contributed by atoms with Crippen LogP contribution in [0.5, 0.6) is 5.75 Å². The molecular weight excluding hydrogens is 366 g/mol. The first kappa shape index (κ1) is 18.9. The summed E-state index contributed by atoms with van der Waals surface area (Å²) in [6.07, 6.45) is 5.09. The van der Waals surface area contributed by atoms with Gasteiger partial charge in [-0.05, 0) is 36.6 Å². The topological polar surface area (TPSA) is 68.5 Å². The van der Waals surface area contributed by atoms with Crippen LogP contribution in [-0.2, 0) is 4.79 Å². The smallest absolute Gasteiger partial charge is 0.246 e. The van der Waals surface area contributed by atoms with E-state index < -0.39 is 0 Å². The second-order valence-corrected chi connectivity index (χ2v) is 7.03. The van der Waals surface area contributed by atoms with Crippen LogP contribution in [0.15, 0.2) is 65.2 Å². The second kappa shape index (κ2) is 8.73. The third-order valence-electron chi connectivity index (χ3n) is 5.16. The van der Waals surface area contributed by atoms with Crippen LogP contribution in [0.4, 0.5) is 0 Å². The molecule has 0 radical (unpaired) electrons. The predicted molar refractivity (Wildman–Crippen MR) is 110 cm³/mol. The first-order valence-corrected chi connectivity index (χ1v) is 9.73. The molecule has 148 valence electrons. The Balaban J connectivity index is 1.32. The second-order valence-electron chi connectivity index (χ2n) is 7.03. The lowest BCUT2D eigenvalue weighted by Gasteiger charge is -2.29. The number of likely N-dealkylation sites (tertiary alicyclic amines) is 1. The molecule has 1 aliphatic rings. The van der Waals surface area contributed by atoms with E-state index in [1.54, 1.807) is 13.2 Å². The number of ether oxygens (including phenoxy) is 1. The molecule has 0 atom stereocenters. The fourth-order valence-corrected chi connectivity index (χ4v) is 3.44. The van der Waals surface area contributed by atoms with Crippen molar-refractivity contribution in [3.8, 4) is 17.1 Å². The lowest BCUT2D eigenvalue weighted by Crippen LogP contribution is -2.36. The molecule has 0 unspecified atom stereocenters. The van der Waals surface area contributed by atoms with Crippen molar-refractivity contribution in [1.29, 1.82) is 0 Å². The molecule has 0 saturated carbocycles. The SMILES string of the molecule is COc1ccc(/C=C/C(=O)N2CCC(c3nc(-c4ccccc4)no3)CC2)cc1. The van der Waals surface area contributed by atoms with Gasteiger partial charge in [0.15, 0.2) is 0 Å². The van der Waals surface area contributed by atoms with E-state index >= 15 is 0 Å². The number of piperidine rings is 1. The molecular formula is C23H23N3O3. The third-order valence-corrected chi connectivity index (χ3v) is 5.16. The van der Waals surface area contributed by atoms with E-state index in [0.717, 1.165) is 29.7 Å². The van der Waals surface area contributed by atoms with E-state index in [4.69, 9.17) is 9.26 Å². The Labute approximate surface area is 169 Å². The Hall–Kier alpha value is -3.41. The molecule has 0 aliphatic carbocycles. The fourth-order valence-electron chi connectivity index (χ4n) is 3.44. The summed E-state index contributed by atoms with van der Waals surface area (Å²) in [6, 6.07) is 17.4. The van der Waals surface area contributed by atoms with E-state index in [2.05, 4.69) is 10.1 Å². The molecule has 1 saturated heterocycles. The highest BCUT2D eigenvalue weighted by Crippen LogP contribution is 2.28. The normalized spacial score (nSPS) is 15.0. The van der Waals surface area contributed by atoms with Crippen LogP contribution in [0.3, 0.4) is 0 Å². The number of carbonyl (C=O) groups excluding carboxylic acids is 1. The molecule has 0 spiro atoms. The highest BCUT2D eigenvalue weighted by molar-refractivity contribution is 5.91. The third kappa shape index (κ3) is 4.54. The van der Waals surface area contributed by atoms with Gasteiger partial charge in [-0.2, -0.15) is 4.98 Å². The minimum absolute atomic E-state index is 0.0229. The maximum absolute atomic E-state index is 12.5. The fraction of sp³-hybridized carbons (Fsp3) is 0.261. The van der Waals surface area contributed by atoms with Crippen LogP contribution in [0.1, 0.15) is 30.2 Å². The summed E-state index contributed by atoms with van der Waals surface area (Å²) in [5.41, 5.74) is 1.91. The van der Waals surface area contributed by atoms with Gasteiger partial charge >= 0.3 is 0 Å². The first-order chi connectivity index (χ1) is 14.2. The number of aromatic nitrogens is 2. The van der Waals surface area contributed by atoms with Gasteiger partial charge in [0.25, 0.3) is 0 Å². The van der Waals surface area contributed by atoms with Gasteiger partial charge < -0.3 is 14.2 Å². The number of methoxy groups -OCH3 is 1. The first-order valence-electron chi connectivity index (χ1n) is 9.73. The minimum Gasteiger partial charge on any atom is -0.497 e. The minimum atomic E-state index is 0.0229. The maximum atomic E-state index is 12.5. The zero-order valence-electron chi connectivity index (χ0n) is 16.3. The molecule has 2 heterocycles. The summed E-state index contributed by atoms with van der Waals surface area (Å²) >= 11 is 0. The summed E-state index contributed by atoms with van der Waals surface area (Å²) in [7, 11) is 1.63. The van der Waals surface area contributed by atoms with Crippen molar-refractivity contribution in [1.82, 2.24) is 15.0 Å². The number of nitrogens with zero attached hydrogens (tertiary/aromatic N) is 3. The number of amides is 1. The van der Waals surface area contributed by atoms with E-state index in [-0.39, 0.29) is 11.8 Å². The highest BCUT2D eigenvalue weighted by Gasteiger charge is 2.26. The molecule has 1 aromatic heterocycles. The van der Waals surface area contributed by atoms with Crippen molar-refractivity contribution in [3.05, 3.63) is 72.1 Å². The molecule has 6 heteroatoms. The van der Waals surface area contributed by atoms with Crippen LogP contribution >= 0.6 is 0 Å². The van der Waals surface area contributed by atoms with E-state index in [9.17, 15) is 4.79 Å². The van der Waals surface area contributed by atoms with Crippen LogP contribution < -0.4 is 4.74 Å². The van der Waals surface area contributed by atoms with E-state index in [0.29, 0.717) is 24.8 Å². The Morgan fingerprint density at radius 2 is 1.83 bits per heavy atom. The number of hydrogen-bond acceptors (Lipinski definition) is 5. The molecule has 3 aromatic rings. The summed E-state index contributed by atoms with van der Waals surface area (Å²) in [4.78, 5) is 18.9. The predicted octanol–water partition coefficient (Wildman–Crippen LogP) is 4.16. The highest BCUT2D eigenvalue weighted by atomic mass is 16.5. The number of benzene rings is 2. The molecule has 1 amide bonds. The number of rotatable bonds is 5. The molecule has 1 aliphatic heterocycles. The molecule has 4 rings (SSSR count). The molecule has 0 N–H and O–H groups in total. The van der Waals surface area contributed by atoms with Gasteiger partial charge in [0.1, 0.15) is 5.75 Å². The quantitative estimate of drug-likeness (QED) is 0.613. The van der Waals surface area contributed by atoms with Gasteiger partial charge in [-0.1, -0.05) is 47.6 Å². The lowest BCUT2D eigenvalue weighted by molar-refractivity contribution is -0.127. The Kier molecular flexibility index (Phi) is 5.70. The molecule has 1 fully saturated rings. The lowest BCUT2D eigenvalue weighted by atomic mass is 9.96. The average Bonchev–Trinajstić information content (AvgIpc) is 3.29. The zero-order valence-corrected chi connectivity index (χ0v) is 16.3. The summed E-state index contributed by atoms with van der Waals surface area (Å²) in [5, 5.41) is 4.10. The maximum Gasteiger partial charge on any atom is 0.246 e. The van der Waals surface area contributed by atoms with E-state index in [1.807, 2.05) is 65.6 Å². The van der Waals surface area contributed by atoms with Crippen molar-refractivity contribution in [2.24, 2.45) is 0 Å². The van der Waals surface area contributed by atoms with Gasteiger partial charge in [-0.25, -0.2) is 0 Å². The van der Waals surface area contributed by atoms with Gasteiger partial charge in [0, 0.05) is 30.6 Å². The summed E-state index contributed by atoms with van der Waals surface area (Å²) in [5.74, 6) is 2.28. The largest absolute Gasteiger partial charge is 0.497 e. The Morgan fingerprint density at radius 1 is 1.10 bits per heavy atom. The molecule has 29 heavy (non-hydrogen) atoms. The van der Waals surface area contributed by atoms with Gasteiger partial charge in [0.2, 0.25) is 17.6 Å². The van der Waals surface area contributed by atoms with Crippen molar-refractivity contribution < 1.29 is 14.1 Å². The average molecular weight is 389 g/mol. The van der Waals surface area contributed by atoms with Crippen LogP contribution in [0.2, 0.25) is 0 Å². The zero-order chi connectivity index (χ0) is 20.1. The van der Waals surface area contributed by atoms with Crippen LogP contribution in [0, 0.1) is 0 Å². The van der Waals surface area contributed by atoms with Gasteiger partial charge in [0.05, 0.1) is 7.11 Å². The molecule has 0 bridgehead atoms. The standard InChI is InChI=1S/C23H23N3O3/c1-28-20-10-7-17(8-11-20)9-12-21(27)26-15-13-19(14-16-26)23-24-22(25-29-23)18-5-3-2-4-6-18/h2-12,19H,13-16H2,1H3/b12-9+. The van der Waals surface area contributed by atoms with Gasteiger partial charge in [-0.3, -0.25) is 4.79 Å². The number of carbonyl (C=O) groups is 1. The Bertz CT molecular complexity index is 972. The van der Waals surface area contributed by atoms with Crippen molar-refractivity contribution in [2.75, 3.05) is 20.2 Å². The van der Waals surface area contributed by atoms with E-state index in [1.165, 1.54) is 0 Å². The summed E-state index contributed by atoms with van der Waals surface area (Å²) < 4.78 is 10.6. The van der Waals surface area contributed by atoms with Crippen molar-refractivity contribution in [3.63, 3.8) is 0 Å². The van der Waals surface area contributed by atoms with Crippen molar-refractivity contribution in [2.45, 2.75) is 18.8 Å². The Morgan fingerprint density at radius 3 is 2.52 bits per heavy atom. The van der Waals surface area contributed by atoms with Crippen LogP contribution in [-0.4, -0.2) is 41.1 Å². The summed E-state index contributed by atoms with van der Waals surface area (Å²) in [6.45, 7) is 1.36. The van der Waals surface area contributed by atoms with Gasteiger partial charge in [-0.15, -0.1) is 0 Å². The monoisotopic (exact) mass is 389 g/mol. The van der Waals surface area contributed by atoms with Crippen LogP contribution in [0.25, 0.3) is 17.5 Å². The number of hydrogen-bond donors (Lipinski definition) is 0.